The molecule has 0 amide bonds. The number of aliphatic carboxylic acids is 1. The molecule has 1 heterocycles. The van der Waals surface area contributed by atoms with Crippen molar-refractivity contribution in [2.45, 2.75) is 6.42 Å². The third kappa shape index (κ3) is 2.53. The Morgan fingerprint density at radius 3 is 2.88 bits per heavy atom. The predicted molar refractivity (Wildman–Crippen MR) is 67.3 cm³/mol. The summed E-state index contributed by atoms with van der Waals surface area (Å²) in [5.74, 6) is 0.0291. The largest absolute Gasteiger partial charge is 0.481 e. The van der Waals surface area contributed by atoms with E-state index in [0.717, 1.165) is 16.6 Å². The van der Waals surface area contributed by atoms with Crippen LogP contribution in [0.3, 0.4) is 0 Å². The molecule has 0 spiro atoms. The van der Waals surface area contributed by atoms with Crippen LogP contribution in [0.4, 0.5) is 5.82 Å². The van der Waals surface area contributed by atoms with Crippen LogP contribution in [0.2, 0.25) is 0 Å². The summed E-state index contributed by atoms with van der Waals surface area (Å²) in [6.07, 6.45) is 1.86. The van der Waals surface area contributed by atoms with Crippen LogP contribution in [-0.4, -0.2) is 29.7 Å². The predicted octanol–water partition coefficient (Wildman–Crippen LogP) is 2.15. The molecule has 0 atom stereocenters. The number of hydrogen-bond donors (Lipinski definition) is 1. The van der Waals surface area contributed by atoms with Crippen LogP contribution in [0.25, 0.3) is 10.8 Å². The van der Waals surface area contributed by atoms with Gasteiger partial charge in [0.15, 0.2) is 0 Å². The molecule has 0 radical (unpaired) electrons. The minimum absolute atomic E-state index is 0.113. The van der Waals surface area contributed by atoms with E-state index in [-0.39, 0.29) is 6.42 Å². The first kappa shape index (κ1) is 11.4. The molecule has 4 heteroatoms. The average molecular weight is 230 g/mol. The lowest BCUT2D eigenvalue weighted by Crippen LogP contribution is -2.22. The highest BCUT2D eigenvalue weighted by atomic mass is 16.4. The summed E-state index contributed by atoms with van der Waals surface area (Å²) in [6.45, 7) is 0.455. The summed E-state index contributed by atoms with van der Waals surface area (Å²) < 4.78 is 0. The summed E-state index contributed by atoms with van der Waals surface area (Å²) in [5.41, 5.74) is 0. The summed E-state index contributed by atoms with van der Waals surface area (Å²) in [7, 11) is 1.86. The van der Waals surface area contributed by atoms with Crippen LogP contribution in [0, 0.1) is 0 Å². The molecule has 1 N–H and O–H groups in total. The van der Waals surface area contributed by atoms with E-state index in [1.807, 2.05) is 42.3 Å². The van der Waals surface area contributed by atoms with E-state index in [9.17, 15) is 4.79 Å². The molecule has 4 nitrogen and oxygen atoms in total. The molecule has 0 bridgehead atoms. The maximum atomic E-state index is 10.6. The van der Waals surface area contributed by atoms with Crippen LogP contribution in [0.5, 0.6) is 0 Å². The van der Waals surface area contributed by atoms with Crippen molar-refractivity contribution < 1.29 is 9.90 Å². The molecule has 0 fully saturated rings. The van der Waals surface area contributed by atoms with Gasteiger partial charge >= 0.3 is 5.97 Å². The van der Waals surface area contributed by atoms with Crippen LogP contribution in [0.1, 0.15) is 6.42 Å². The highest BCUT2D eigenvalue weighted by Gasteiger charge is 2.08. The fourth-order valence-electron chi connectivity index (χ4n) is 1.78. The van der Waals surface area contributed by atoms with Gasteiger partial charge < -0.3 is 10.0 Å². The first-order valence-electron chi connectivity index (χ1n) is 5.45. The van der Waals surface area contributed by atoms with Crippen molar-refractivity contribution in [3.63, 3.8) is 0 Å². The van der Waals surface area contributed by atoms with E-state index in [4.69, 9.17) is 5.11 Å². The number of carboxylic acids is 1. The number of fused-ring (bicyclic) bond motifs is 1. The number of carbonyl (C=O) groups is 1. The highest BCUT2D eigenvalue weighted by molar-refractivity contribution is 5.92. The molecular weight excluding hydrogens is 216 g/mol. The lowest BCUT2D eigenvalue weighted by Gasteiger charge is -2.18. The number of anilines is 1. The van der Waals surface area contributed by atoms with E-state index in [1.165, 1.54) is 0 Å². The molecule has 0 saturated carbocycles. The zero-order chi connectivity index (χ0) is 12.3. The van der Waals surface area contributed by atoms with Crippen molar-refractivity contribution >= 4 is 22.6 Å². The molecule has 2 aromatic rings. The summed E-state index contributed by atoms with van der Waals surface area (Å²) in [4.78, 5) is 16.7. The Hall–Kier alpha value is -2.10. The van der Waals surface area contributed by atoms with Crippen LogP contribution < -0.4 is 4.90 Å². The summed E-state index contributed by atoms with van der Waals surface area (Å²) >= 11 is 0. The van der Waals surface area contributed by atoms with Gasteiger partial charge in [0.1, 0.15) is 5.82 Å². The Labute approximate surface area is 99.5 Å². The Bertz CT molecular complexity index is 534. The number of benzene rings is 1. The second-order valence-electron chi connectivity index (χ2n) is 3.92. The van der Waals surface area contributed by atoms with Crippen molar-refractivity contribution in [1.82, 2.24) is 4.98 Å². The molecule has 1 aromatic heterocycles. The van der Waals surface area contributed by atoms with Gasteiger partial charge in [-0.3, -0.25) is 4.79 Å². The van der Waals surface area contributed by atoms with Crippen molar-refractivity contribution in [3.8, 4) is 0 Å². The molecular formula is C13H14N2O2. The van der Waals surface area contributed by atoms with Crippen molar-refractivity contribution in [1.29, 1.82) is 0 Å². The number of nitrogens with zero attached hydrogens (tertiary/aromatic N) is 2. The molecule has 0 aliphatic carbocycles. The van der Waals surface area contributed by atoms with Gasteiger partial charge in [-0.15, -0.1) is 0 Å². The van der Waals surface area contributed by atoms with Gasteiger partial charge in [0, 0.05) is 25.2 Å². The third-order valence-electron chi connectivity index (χ3n) is 2.68. The van der Waals surface area contributed by atoms with Gasteiger partial charge in [0.05, 0.1) is 6.42 Å². The van der Waals surface area contributed by atoms with Crippen LogP contribution in [-0.2, 0) is 4.79 Å². The zero-order valence-corrected chi connectivity index (χ0v) is 9.63. The Balaban J connectivity index is 2.31. The zero-order valence-electron chi connectivity index (χ0n) is 9.63. The van der Waals surface area contributed by atoms with E-state index in [2.05, 4.69) is 4.98 Å². The van der Waals surface area contributed by atoms with E-state index >= 15 is 0 Å². The Morgan fingerprint density at radius 1 is 1.35 bits per heavy atom. The van der Waals surface area contributed by atoms with Gasteiger partial charge in [0.2, 0.25) is 0 Å². The van der Waals surface area contributed by atoms with Gasteiger partial charge in [-0.05, 0) is 11.5 Å². The number of hydrogen-bond acceptors (Lipinski definition) is 3. The Morgan fingerprint density at radius 2 is 2.12 bits per heavy atom. The molecule has 1 aromatic carbocycles. The number of aromatic nitrogens is 1. The molecule has 0 unspecified atom stereocenters. The van der Waals surface area contributed by atoms with E-state index in [1.54, 1.807) is 6.20 Å². The molecule has 88 valence electrons. The molecule has 0 aliphatic rings. The first-order valence-corrected chi connectivity index (χ1v) is 5.45. The number of carboxylic acid groups (broad SMARTS) is 1. The summed E-state index contributed by atoms with van der Waals surface area (Å²) in [5, 5.41) is 10.8. The summed E-state index contributed by atoms with van der Waals surface area (Å²) in [6, 6.07) is 9.90. The first-order chi connectivity index (χ1) is 8.18. The van der Waals surface area contributed by atoms with Gasteiger partial charge in [-0.1, -0.05) is 24.3 Å². The highest BCUT2D eigenvalue weighted by Crippen LogP contribution is 2.23. The lowest BCUT2D eigenvalue weighted by atomic mass is 10.1. The maximum absolute atomic E-state index is 10.6. The fourth-order valence-corrected chi connectivity index (χ4v) is 1.78. The second kappa shape index (κ2) is 4.82. The second-order valence-corrected chi connectivity index (χ2v) is 3.92. The van der Waals surface area contributed by atoms with Gasteiger partial charge in [-0.2, -0.15) is 0 Å². The lowest BCUT2D eigenvalue weighted by molar-refractivity contribution is -0.136. The topological polar surface area (TPSA) is 53.4 Å². The van der Waals surface area contributed by atoms with Crippen LogP contribution in [0.15, 0.2) is 36.5 Å². The van der Waals surface area contributed by atoms with Crippen molar-refractivity contribution in [3.05, 3.63) is 36.5 Å². The third-order valence-corrected chi connectivity index (χ3v) is 2.68. The SMILES string of the molecule is CN(CCC(=O)O)c1nccc2ccccc12. The van der Waals surface area contributed by atoms with Crippen molar-refractivity contribution in [2.75, 3.05) is 18.5 Å². The Kier molecular flexibility index (Phi) is 3.23. The standard InChI is InChI=1S/C13H14N2O2/c1-15(9-7-12(16)17)13-11-5-3-2-4-10(11)6-8-14-13/h2-6,8H,7,9H2,1H3,(H,16,17). The minimum Gasteiger partial charge on any atom is -0.481 e. The minimum atomic E-state index is -0.794. The quantitative estimate of drug-likeness (QED) is 0.874. The van der Waals surface area contributed by atoms with E-state index < -0.39 is 5.97 Å². The van der Waals surface area contributed by atoms with E-state index in [0.29, 0.717) is 6.54 Å². The number of rotatable bonds is 4. The van der Waals surface area contributed by atoms with Crippen LogP contribution >= 0.6 is 0 Å². The monoisotopic (exact) mass is 230 g/mol. The molecule has 2 rings (SSSR count). The number of pyridine rings is 1. The smallest absolute Gasteiger partial charge is 0.305 e. The average Bonchev–Trinajstić information content (AvgIpc) is 2.35. The maximum Gasteiger partial charge on any atom is 0.305 e. The fraction of sp³-hybridized carbons (Fsp3) is 0.231. The van der Waals surface area contributed by atoms with Gasteiger partial charge in [-0.25, -0.2) is 4.98 Å². The molecule has 0 aliphatic heterocycles. The van der Waals surface area contributed by atoms with Gasteiger partial charge in [0.25, 0.3) is 0 Å². The normalized spacial score (nSPS) is 10.4. The van der Waals surface area contributed by atoms with Crippen molar-refractivity contribution in [2.24, 2.45) is 0 Å². The molecule has 17 heavy (non-hydrogen) atoms. The molecule has 0 saturated heterocycles.